The molecule has 0 saturated carbocycles. The number of rotatable bonds is 64. The molecule has 484 valence electrons. The molecule has 0 heterocycles. The molecule has 0 spiro atoms. The molecule has 0 radical (unpaired) electrons. The molecular formula is C75H132NO8+. The summed E-state index contributed by atoms with van der Waals surface area (Å²) in [4.78, 5) is 37.5. The molecule has 2 atom stereocenters. The molecule has 0 bridgehead atoms. The summed E-state index contributed by atoms with van der Waals surface area (Å²) in [5, 5.41) is 9.73. The van der Waals surface area contributed by atoms with Crippen LogP contribution in [0.15, 0.2) is 97.2 Å². The lowest BCUT2D eigenvalue weighted by atomic mass is 10.0. The quantitative estimate of drug-likeness (QED) is 0.0211. The number of nitrogens with zero attached hydrogens (tertiary/aromatic N) is 1. The van der Waals surface area contributed by atoms with Crippen molar-refractivity contribution in [1.82, 2.24) is 0 Å². The van der Waals surface area contributed by atoms with Gasteiger partial charge in [-0.25, -0.2) is 4.79 Å². The predicted octanol–water partition coefficient (Wildman–Crippen LogP) is 21.6. The van der Waals surface area contributed by atoms with E-state index in [2.05, 4.69) is 111 Å². The van der Waals surface area contributed by atoms with Crippen LogP contribution in [0.2, 0.25) is 0 Å². The minimum atomic E-state index is -1.51. The van der Waals surface area contributed by atoms with Gasteiger partial charge in [-0.2, -0.15) is 0 Å². The largest absolute Gasteiger partial charge is 0.477 e. The summed E-state index contributed by atoms with van der Waals surface area (Å²) in [5.74, 6) is -2.00. The first-order valence-corrected chi connectivity index (χ1v) is 34.9. The second-order valence-corrected chi connectivity index (χ2v) is 24.5. The van der Waals surface area contributed by atoms with Crippen LogP contribution in [0.25, 0.3) is 0 Å². The van der Waals surface area contributed by atoms with Crippen molar-refractivity contribution < 1.29 is 42.9 Å². The number of hydrogen-bond donors (Lipinski definition) is 1. The highest BCUT2D eigenvalue weighted by Crippen LogP contribution is 2.17. The van der Waals surface area contributed by atoms with Gasteiger partial charge in [-0.3, -0.25) is 9.59 Å². The van der Waals surface area contributed by atoms with E-state index in [1.807, 2.05) is 21.1 Å². The Balaban J connectivity index is 4.02. The topological polar surface area (TPSA) is 108 Å². The molecule has 0 aromatic carbocycles. The number of quaternary nitrogens is 1. The zero-order valence-corrected chi connectivity index (χ0v) is 55.3. The summed E-state index contributed by atoms with van der Waals surface area (Å²) in [5.41, 5.74) is 0. The second-order valence-electron chi connectivity index (χ2n) is 24.5. The van der Waals surface area contributed by atoms with E-state index < -0.39 is 24.3 Å². The highest BCUT2D eigenvalue weighted by molar-refractivity contribution is 5.71. The molecule has 1 N–H and O–H groups in total. The van der Waals surface area contributed by atoms with Crippen molar-refractivity contribution >= 4 is 17.9 Å². The Labute approximate surface area is 518 Å². The van der Waals surface area contributed by atoms with Crippen molar-refractivity contribution in [1.29, 1.82) is 0 Å². The number of esters is 2. The number of carbonyl (C=O) groups is 3. The van der Waals surface area contributed by atoms with Crippen LogP contribution < -0.4 is 0 Å². The van der Waals surface area contributed by atoms with Gasteiger partial charge in [-0.05, 0) is 96.3 Å². The monoisotopic (exact) mass is 1170 g/mol. The average Bonchev–Trinajstić information content (AvgIpc) is 3.52. The molecule has 0 amide bonds. The van der Waals surface area contributed by atoms with E-state index in [-0.39, 0.29) is 32.2 Å². The van der Waals surface area contributed by atoms with E-state index in [1.165, 1.54) is 193 Å². The number of unbranched alkanes of at least 4 members (excludes halogenated alkanes) is 33. The Morgan fingerprint density at radius 1 is 0.369 bits per heavy atom. The SMILES string of the molecule is CC/C=C\C/C=C\C/C=C\C/C=C\C/C=C\C/C=C\C/C=C\CCCCCCCCCCCCCCCCCCCCCC(=O)OC(COC(=O)CCCCCCCCC/C=C\CCCCCCCCC)COC(OCC[N+](C)(C)C)C(=O)O. The van der Waals surface area contributed by atoms with E-state index in [9.17, 15) is 19.5 Å². The number of hydrogen-bond acceptors (Lipinski definition) is 7. The predicted molar refractivity (Wildman–Crippen MR) is 359 cm³/mol. The van der Waals surface area contributed by atoms with Crippen LogP contribution in [0, 0.1) is 0 Å². The highest BCUT2D eigenvalue weighted by atomic mass is 16.7. The van der Waals surface area contributed by atoms with Gasteiger partial charge in [0.1, 0.15) is 13.2 Å². The van der Waals surface area contributed by atoms with Gasteiger partial charge < -0.3 is 28.5 Å². The molecule has 0 aromatic heterocycles. The van der Waals surface area contributed by atoms with E-state index in [1.54, 1.807) is 0 Å². The number of allylic oxidation sites excluding steroid dienone is 16. The molecule has 0 saturated heterocycles. The first-order valence-electron chi connectivity index (χ1n) is 34.9. The Hall–Kier alpha value is -3.79. The van der Waals surface area contributed by atoms with Gasteiger partial charge in [0.15, 0.2) is 6.10 Å². The minimum Gasteiger partial charge on any atom is -0.477 e. The molecular weight excluding hydrogens is 1040 g/mol. The summed E-state index contributed by atoms with van der Waals surface area (Å²) >= 11 is 0. The van der Waals surface area contributed by atoms with Crippen molar-refractivity contribution in [3.63, 3.8) is 0 Å². The van der Waals surface area contributed by atoms with Crippen molar-refractivity contribution in [3.05, 3.63) is 97.2 Å². The van der Waals surface area contributed by atoms with Crippen molar-refractivity contribution in [2.75, 3.05) is 47.5 Å². The van der Waals surface area contributed by atoms with E-state index in [0.29, 0.717) is 17.4 Å². The molecule has 2 unspecified atom stereocenters. The smallest absolute Gasteiger partial charge is 0.361 e. The standard InChI is InChI=1S/C75H131NO8/c1-6-8-10-12-14-16-18-20-22-24-26-27-28-29-30-31-32-33-34-35-36-37-38-39-40-41-42-43-44-45-46-47-48-50-52-54-56-58-60-62-64-66-73(78)84-71(70-83-75(74(79)80)81-68-67-76(3,4)5)69-82-72(77)65-63-61-59-57-55-53-51-49-25-23-21-19-17-15-13-11-9-7-2/h8,10,14,16,20,22-23,25-27,29-30,32-33,35-36,71,75H,6-7,9,11-13,15,17-19,21,24,28,31,34,37-70H2,1-5H3/p+1/b10-8-,16-14-,22-20-,25-23-,27-26-,30-29-,33-32-,36-35-. The fourth-order valence-electron chi connectivity index (χ4n) is 9.76. The number of carboxylic acids is 1. The number of likely N-dealkylation sites (N-methyl/N-ethyl adjacent to an activating group) is 1. The van der Waals surface area contributed by atoms with Crippen molar-refractivity contribution in [2.24, 2.45) is 0 Å². The fourth-order valence-corrected chi connectivity index (χ4v) is 9.76. The van der Waals surface area contributed by atoms with E-state index in [0.717, 1.165) is 83.5 Å². The Morgan fingerprint density at radius 2 is 0.679 bits per heavy atom. The normalized spacial score (nSPS) is 13.3. The number of aliphatic carboxylic acids is 1. The maximum atomic E-state index is 12.9. The van der Waals surface area contributed by atoms with Crippen molar-refractivity contribution in [2.45, 2.75) is 315 Å². The molecule has 0 aliphatic heterocycles. The molecule has 0 fully saturated rings. The number of carbonyl (C=O) groups excluding carboxylic acids is 2. The lowest BCUT2D eigenvalue weighted by Crippen LogP contribution is -2.40. The summed E-state index contributed by atoms with van der Waals surface area (Å²) in [6, 6.07) is 0. The van der Waals surface area contributed by atoms with Crippen LogP contribution in [0.1, 0.15) is 303 Å². The van der Waals surface area contributed by atoms with Gasteiger partial charge in [-0.15, -0.1) is 0 Å². The van der Waals surface area contributed by atoms with Gasteiger partial charge in [0.05, 0.1) is 34.4 Å². The third-order valence-electron chi connectivity index (χ3n) is 15.1. The molecule has 0 aromatic rings. The van der Waals surface area contributed by atoms with E-state index >= 15 is 0 Å². The number of carboxylic acid groups (broad SMARTS) is 1. The Morgan fingerprint density at radius 3 is 1.02 bits per heavy atom. The zero-order chi connectivity index (χ0) is 61.2. The van der Waals surface area contributed by atoms with Crippen LogP contribution in [0.5, 0.6) is 0 Å². The second kappa shape index (κ2) is 65.2. The first-order chi connectivity index (χ1) is 41.1. The Bertz CT molecular complexity index is 1700. The average molecular weight is 1180 g/mol. The van der Waals surface area contributed by atoms with Gasteiger partial charge in [-0.1, -0.05) is 291 Å². The third-order valence-corrected chi connectivity index (χ3v) is 15.1. The molecule has 0 aliphatic rings. The van der Waals surface area contributed by atoms with Crippen LogP contribution in [-0.2, 0) is 33.3 Å². The molecule has 84 heavy (non-hydrogen) atoms. The summed E-state index contributed by atoms with van der Waals surface area (Å²) in [7, 11) is 5.98. The maximum absolute atomic E-state index is 12.9. The molecule has 0 rings (SSSR count). The molecule has 0 aliphatic carbocycles. The maximum Gasteiger partial charge on any atom is 0.361 e. The fraction of sp³-hybridized carbons (Fsp3) is 0.747. The van der Waals surface area contributed by atoms with Gasteiger partial charge >= 0.3 is 17.9 Å². The summed E-state index contributed by atoms with van der Waals surface area (Å²) < 4.78 is 23.0. The molecule has 9 nitrogen and oxygen atoms in total. The van der Waals surface area contributed by atoms with Crippen LogP contribution in [0.3, 0.4) is 0 Å². The lowest BCUT2D eigenvalue weighted by Gasteiger charge is -2.25. The van der Waals surface area contributed by atoms with Crippen molar-refractivity contribution in [3.8, 4) is 0 Å². The lowest BCUT2D eigenvalue weighted by molar-refractivity contribution is -0.870. The third kappa shape index (κ3) is 65.7. The zero-order valence-electron chi connectivity index (χ0n) is 55.3. The van der Waals surface area contributed by atoms with Gasteiger partial charge in [0, 0.05) is 12.8 Å². The highest BCUT2D eigenvalue weighted by Gasteiger charge is 2.25. The summed E-state index contributed by atoms with van der Waals surface area (Å²) in [6.45, 7) is 4.78. The summed E-state index contributed by atoms with van der Waals surface area (Å²) in [6.07, 6.45) is 86.7. The van der Waals surface area contributed by atoms with E-state index in [4.69, 9.17) is 18.9 Å². The number of ether oxygens (including phenoxy) is 4. The first kappa shape index (κ1) is 80.2. The van der Waals surface area contributed by atoms with Crippen LogP contribution >= 0.6 is 0 Å². The van der Waals surface area contributed by atoms with Crippen LogP contribution in [-0.4, -0.2) is 87.4 Å². The minimum absolute atomic E-state index is 0.184. The molecule has 9 heteroatoms. The van der Waals surface area contributed by atoms with Gasteiger partial charge in [0.25, 0.3) is 6.29 Å². The Kier molecular flexibility index (Phi) is 62.2. The van der Waals surface area contributed by atoms with Crippen LogP contribution in [0.4, 0.5) is 0 Å². The van der Waals surface area contributed by atoms with Gasteiger partial charge in [0.2, 0.25) is 0 Å².